The summed E-state index contributed by atoms with van der Waals surface area (Å²) in [5, 5.41) is 5.80. The van der Waals surface area contributed by atoms with Crippen molar-refractivity contribution in [2.24, 2.45) is 5.10 Å². The summed E-state index contributed by atoms with van der Waals surface area (Å²) in [7, 11) is 3.20. The Labute approximate surface area is 122 Å². The number of benzene rings is 1. The minimum Gasteiger partial charge on any atom is -0.493 e. The van der Waals surface area contributed by atoms with E-state index >= 15 is 0 Å². The number of carbonyl (C=O) groups excluding carboxylic acids is 1. The Morgan fingerprint density at radius 1 is 1.48 bits per heavy atom. The number of esters is 1. The summed E-state index contributed by atoms with van der Waals surface area (Å²) in [5.41, 5.74) is 8.18. The first-order valence-electron chi connectivity index (χ1n) is 6.57. The predicted molar refractivity (Wildman–Crippen MR) is 77.1 cm³/mol. The molecule has 2 aliphatic heterocycles. The van der Waals surface area contributed by atoms with Gasteiger partial charge in [-0.2, -0.15) is 0 Å². The van der Waals surface area contributed by atoms with Crippen LogP contribution in [0.25, 0.3) is 6.08 Å². The average molecular weight is 288 g/mol. The number of amidine groups is 1. The fourth-order valence-corrected chi connectivity index (χ4v) is 2.23. The van der Waals surface area contributed by atoms with Crippen LogP contribution in [0.1, 0.15) is 17.5 Å². The highest BCUT2D eigenvalue weighted by Crippen LogP contribution is 2.27. The van der Waals surface area contributed by atoms with Gasteiger partial charge in [-0.25, -0.2) is 10.3 Å². The summed E-state index contributed by atoms with van der Waals surface area (Å²) in [6.45, 7) is 0.455. The largest absolute Gasteiger partial charge is 0.493 e. The van der Waals surface area contributed by atoms with Crippen molar-refractivity contribution in [1.82, 2.24) is 16.1 Å². The smallest absolute Gasteiger partial charge is 0.333 e. The Kier molecular flexibility index (Phi) is 3.49. The minimum absolute atomic E-state index is 0.324. The number of nitrogens with zero attached hydrogens (tertiary/aromatic N) is 2. The zero-order valence-corrected chi connectivity index (χ0v) is 11.8. The number of hydrazine groups is 2. The number of rotatable bonds is 2. The molecule has 1 aromatic rings. The van der Waals surface area contributed by atoms with Gasteiger partial charge in [-0.3, -0.25) is 5.43 Å². The summed E-state index contributed by atoms with van der Waals surface area (Å²) < 4.78 is 10.5. The molecule has 0 fully saturated rings. The topological polar surface area (TPSA) is 75.2 Å². The van der Waals surface area contributed by atoms with Gasteiger partial charge in [-0.15, -0.1) is 10.2 Å². The molecule has 0 aromatic heterocycles. The van der Waals surface area contributed by atoms with E-state index in [1.807, 2.05) is 31.3 Å². The molecule has 0 atom stereocenters. The molecule has 7 nitrogen and oxygen atoms in total. The van der Waals surface area contributed by atoms with Crippen LogP contribution in [0.5, 0.6) is 5.75 Å². The molecule has 0 amide bonds. The molecule has 2 aliphatic rings. The maximum atomic E-state index is 11.7. The van der Waals surface area contributed by atoms with Crippen molar-refractivity contribution in [3.8, 4) is 5.75 Å². The van der Waals surface area contributed by atoms with Crippen LogP contribution >= 0.6 is 0 Å². The molecule has 110 valence electrons. The van der Waals surface area contributed by atoms with E-state index in [9.17, 15) is 4.79 Å². The van der Waals surface area contributed by atoms with Crippen LogP contribution in [0.4, 0.5) is 0 Å². The third-order valence-electron chi connectivity index (χ3n) is 3.27. The first-order chi connectivity index (χ1) is 10.2. The zero-order valence-electron chi connectivity index (χ0n) is 11.8. The van der Waals surface area contributed by atoms with Crippen molar-refractivity contribution in [3.05, 3.63) is 34.9 Å². The Morgan fingerprint density at radius 3 is 3.05 bits per heavy atom. The summed E-state index contributed by atoms with van der Waals surface area (Å²) in [6.07, 6.45) is 2.34. The Balaban J connectivity index is 1.96. The van der Waals surface area contributed by atoms with Crippen molar-refractivity contribution in [3.63, 3.8) is 0 Å². The average Bonchev–Trinajstić information content (AvgIpc) is 2.82. The van der Waals surface area contributed by atoms with Crippen molar-refractivity contribution in [2.45, 2.75) is 6.42 Å². The monoisotopic (exact) mass is 288 g/mol. The molecule has 0 bridgehead atoms. The highest BCUT2D eigenvalue weighted by molar-refractivity contribution is 6.00. The van der Waals surface area contributed by atoms with Crippen molar-refractivity contribution in [2.75, 3.05) is 20.8 Å². The van der Waals surface area contributed by atoms with Gasteiger partial charge in [0, 0.05) is 30.2 Å². The molecule has 3 rings (SSSR count). The highest BCUT2D eigenvalue weighted by atomic mass is 16.5. The van der Waals surface area contributed by atoms with E-state index in [1.54, 1.807) is 5.12 Å². The molecular formula is C14H16N4O3. The predicted octanol–water partition coefficient (Wildman–Crippen LogP) is 0.642. The lowest BCUT2D eigenvalue weighted by Crippen LogP contribution is -2.37. The van der Waals surface area contributed by atoms with E-state index in [-0.39, 0.29) is 5.97 Å². The second kappa shape index (κ2) is 5.45. The molecule has 0 spiro atoms. The number of carbonyl (C=O) groups is 1. The fraction of sp³-hybridized carbons (Fsp3) is 0.286. The van der Waals surface area contributed by atoms with Crippen LogP contribution in [-0.4, -0.2) is 37.7 Å². The van der Waals surface area contributed by atoms with Gasteiger partial charge in [0.25, 0.3) is 0 Å². The van der Waals surface area contributed by atoms with Gasteiger partial charge in [0.05, 0.1) is 13.7 Å². The molecule has 7 heteroatoms. The van der Waals surface area contributed by atoms with Crippen LogP contribution < -0.4 is 15.7 Å². The molecular weight excluding hydrogens is 272 g/mol. The molecule has 0 radical (unpaired) electrons. The van der Waals surface area contributed by atoms with Gasteiger partial charge < -0.3 is 9.47 Å². The number of fused-ring (bicyclic) bond motifs is 1. The maximum absolute atomic E-state index is 11.7. The van der Waals surface area contributed by atoms with Crippen LogP contribution in [0, 0.1) is 0 Å². The van der Waals surface area contributed by atoms with Gasteiger partial charge in [0.1, 0.15) is 5.75 Å². The van der Waals surface area contributed by atoms with E-state index in [4.69, 9.17) is 9.47 Å². The Bertz CT molecular complexity index is 639. The number of hydrazone groups is 1. The fourth-order valence-electron chi connectivity index (χ4n) is 2.23. The van der Waals surface area contributed by atoms with Crippen molar-refractivity contribution < 1.29 is 14.3 Å². The van der Waals surface area contributed by atoms with E-state index in [0.717, 1.165) is 16.9 Å². The number of methoxy groups -OCH3 is 1. The van der Waals surface area contributed by atoms with Gasteiger partial charge in [0.15, 0.2) is 5.84 Å². The number of hydrogen-bond acceptors (Lipinski definition) is 7. The van der Waals surface area contributed by atoms with Gasteiger partial charge in [0.2, 0.25) is 0 Å². The van der Waals surface area contributed by atoms with E-state index in [2.05, 4.69) is 16.1 Å². The highest BCUT2D eigenvalue weighted by Gasteiger charge is 2.18. The van der Waals surface area contributed by atoms with Gasteiger partial charge in [-0.05, 0) is 24.3 Å². The molecule has 0 saturated carbocycles. The summed E-state index contributed by atoms with van der Waals surface area (Å²) >= 11 is 0. The molecule has 21 heavy (non-hydrogen) atoms. The third-order valence-corrected chi connectivity index (χ3v) is 3.27. The van der Waals surface area contributed by atoms with Crippen molar-refractivity contribution >= 4 is 17.9 Å². The number of hydrogen-bond donors (Lipinski definition) is 2. The second-order valence-electron chi connectivity index (χ2n) is 4.74. The SMILES string of the molecule is COC(=O)C1=Cc2cc(C3=NNN(C)N3)ccc2OCC1. The lowest BCUT2D eigenvalue weighted by atomic mass is 10.1. The van der Waals surface area contributed by atoms with Gasteiger partial charge >= 0.3 is 5.97 Å². The maximum Gasteiger partial charge on any atom is 0.333 e. The summed E-state index contributed by atoms with van der Waals surface area (Å²) in [4.78, 5) is 11.7. The lowest BCUT2D eigenvalue weighted by Gasteiger charge is -2.10. The molecule has 2 heterocycles. The molecule has 0 aliphatic carbocycles. The van der Waals surface area contributed by atoms with Crippen LogP contribution in [0.3, 0.4) is 0 Å². The Hall–Kier alpha value is -2.54. The molecule has 0 saturated heterocycles. The number of nitrogens with one attached hydrogen (secondary N) is 2. The molecule has 1 aromatic carbocycles. The first-order valence-corrected chi connectivity index (χ1v) is 6.57. The summed E-state index contributed by atoms with van der Waals surface area (Å²) in [5.74, 6) is 1.13. The van der Waals surface area contributed by atoms with Gasteiger partial charge in [-0.1, -0.05) is 0 Å². The lowest BCUT2D eigenvalue weighted by molar-refractivity contribution is -0.136. The van der Waals surface area contributed by atoms with Crippen molar-refractivity contribution in [1.29, 1.82) is 0 Å². The first kappa shape index (κ1) is 13.4. The third kappa shape index (κ3) is 2.68. The number of ether oxygens (including phenoxy) is 2. The van der Waals surface area contributed by atoms with E-state index in [1.165, 1.54) is 7.11 Å². The van der Waals surface area contributed by atoms with Crippen LogP contribution in [0.15, 0.2) is 28.9 Å². The summed E-state index contributed by atoms with van der Waals surface area (Å²) in [6, 6.07) is 5.72. The Morgan fingerprint density at radius 2 is 2.33 bits per heavy atom. The molecule has 0 unspecified atom stereocenters. The normalized spacial score (nSPS) is 17.4. The van der Waals surface area contributed by atoms with Crippen LogP contribution in [-0.2, 0) is 9.53 Å². The molecule has 2 N–H and O–H groups in total. The standard InChI is InChI=1S/C14H16N4O3/c1-18-16-13(15-17-18)9-3-4-12-11(7-9)8-10(5-6-21-12)14(19)20-2/h3-4,7-8,17H,5-6H2,1-2H3,(H,15,16). The van der Waals surface area contributed by atoms with E-state index < -0.39 is 0 Å². The zero-order chi connectivity index (χ0) is 14.8. The quantitative estimate of drug-likeness (QED) is 0.778. The minimum atomic E-state index is -0.324. The van der Waals surface area contributed by atoms with Crippen LogP contribution in [0.2, 0.25) is 0 Å². The van der Waals surface area contributed by atoms with E-state index in [0.29, 0.717) is 24.4 Å². The second-order valence-corrected chi connectivity index (χ2v) is 4.74.